The molecule has 1 aliphatic heterocycles. The van der Waals surface area contributed by atoms with Crippen molar-refractivity contribution in [2.45, 2.75) is 26.4 Å². The zero-order valence-electron chi connectivity index (χ0n) is 14.7. The molecule has 0 saturated carbocycles. The molecule has 0 spiro atoms. The summed E-state index contributed by atoms with van der Waals surface area (Å²) in [7, 11) is 0. The molecule has 1 fully saturated rings. The third kappa shape index (κ3) is 3.07. The minimum atomic E-state index is -0.916. The molecule has 1 aliphatic rings. The van der Waals surface area contributed by atoms with E-state index in [-0.39, 0.29) is 5.41 Å². The Labute approximate surface area is 146 Å². The number of hydrogen-bond acceptors (Lipinski definition) is 4. The van der Waals surface area contributed by atoms with Gasteiger partial charge in [-0.25, -0.2) is 4.79 Å². The molecule has 1 amide bonds. The number of ether oxygens (including phenoxy) is 1. The summed E-state index contributed by atoms with van der Waals surface area (Å²) in [5.41, 5.74) is 7.37. The first-order chi connectivity index (χ1) is 11.7. The molecule has 1 atom stereocenters. The SMILES string of the molecule is CC(C)(C)C1(c2ccc(-c3cc(N)[nH]n3)cc2)CN(C(=O)O)CCO1. The lowest BCUT2D eigenvalue weighted by Crippen LogP contribution is -2.57. The van der Waals surface area contributed by atoms with Gasteiger partial charge in [-0.15, -0.1) is 0 Å². The highest BCUT2D eigenvalue weighted by molar-refractivity contribution is 5.65. The van der Waals surface area contributed by atoms with Gasteiger partial charge >= 0.3 is 6.09 Å². The van der Waals surface area contributed by atoms with E-state index in [4.69, 9.17) is 10.5 Å². The maximum Gasteiger partial charge on any atom is 0.407 e. The average Bonchev–Trinajstić information content (AvgIpc) is 3.00. The van der Waals surface area contributed by atoms with Crippen molar-refractivity contribution in [3.8, 4) is 11.3 Å². The Bertz CT molecular complexity index is 763. The number of morpholine rings is 1. The van der Waals surface area contributed by atoms with E-state index in [0.717, 1.165) is 16.8 Å². The standard InChI is InChI=1S/C18H24N4O3/c1-17(2,3)18(11-22(16(23)24)8-9-25-18)13-6-4-12(5-7-13)14-10-15(19)21-20-14/h4-7,10H,8-9,11H2,1-3H3,(H,23,24)(H3,19,20,21). The Morgan fingerprint density at radius 2 is 2.04 bits per heavy atom. The molecule has 25 heavy (non-hydrogen) atoms. The number of amides is 1. The maximum atomic E-state index is 11.5. The van der Waals surface area contributed by atoms with Gasteiger partial charge in [-0.2, -0.15) is 5.10 Å². The number of nitrogens with one attached hydrogen (secondary N) is 1. The molecule has 1 aromatic carbocycles. The first-order valence-electron chi connectivity index (χ1n) is 8.26. The minimum Gasteiger partial charge on any atom is -0.465 e. The second-order valence-electron chi connectivity index (χ2n) is 7.42. The van der Waals surface area contributed by atoms with Gasteiger partial charge in [0.2, 0.25) is 0 Å². The number of benzene rings is 1. The van der Waals surface area contributed by atoms with Gasteiger partial charge in [0.25, 0.3) is 0 Å². The molecule has 7 heteroatoms. The third-order valence-electron chi connectivity index (χ3n) is 4.85. The van der Waals surface area contributed by atoms with Crippen molar-refractivity contribution >= 4 is 11.9 Å². The largest absolute Gasteiger partial charge is 0.465 e. The van der Waals surface area contributed by atoms with Crippen molar-refractivity contribution in [3.63, 3.8) is 0 Å². The van der Waals surface area contributed by atoms with Gasteiger partial charge in [0.1, 0.15) is 11.4 Å². The Morgan fingerprint density at radius 3 is 2.56 bits per heavy atom. The summed E-state index contributed by atoms with van der Waals surface area (Å²) >= 11 is 0. The van der Waals surface area contributed by atoms with E-state index in [1.807, 2.05) is 24.3 Å². The summed E-state index contributed by atoms with van der Waals surface area (Å²) in [6, 6.07) is 9.66. The van der Waals surface area contributed by atoms with Crippen LogP contribution in [0.2, 0.25) is 0 Å². The number of H-pyrrole nitrogens is 1. The lowest BCUT2D eigenvalue weighted by atomic mass is 9.71. The lowest BCUT2D eigenvalue weighted by molar-refractivity contribution is -0.166. The molecule has 1 aromatic heterocycles. The van der Waals surface area contributed by atoms with Crippen LogP contribution in [-0.2, 0) is 10.3 Å². The van der Waals surface area contributed by atoms with Crippen molar-refractivity contribution in [3.05, 3.63) is 35.9 Å². The van der Waals surface area contributed by atoms with E-state index in [0.29, 0.717) is 25.5 Å². The molecule has 0 radical (unpaired) electrons. The van der Waals surface area contributed by atoms with Crippen LogP contribution < -0.4 is 5.73 Å². The van der Waals surface area contributed by atoms with Gasteiger partial charge < -0.3 is 20.5 Å². The molecular formula is C18H24N4O3. The second kappa shape index (κ2) is 6.07. The Hall–Kier alpha value is -2.54. The van der Waals surface area contributed by atoms with Crippen LogP contribution in [0.1, 0.15) is 26.3 Å². The van der Waals surface area contributed by atoms with Gasteiger partial charge in [-0.05, 0) is 11.0 Å². The van der Waals surface area contributed by atoms with Crippen molar-refractivity contribution in [1.29, 1.82) is 0 Å². The average molecular weight is 344 g/mol. The fourth-order valence-electron chi connectivity index (χ4n) is 3.34. The number of nitrogens with zero attached hydrogens (tertiary/aromatic N) is 2. The zero-order valence-corrected chi connectivity index (χ0v) is 14.7. The van der Waals surface area contributed by atoms with E-state index in [1.165, 1.54) is 4.90 Å². The number of hydrogen-bond donors (Lipinski definition) is 3. The van der Waals surface area contributed by atoms with Crippen LogP contribution in [0.25, 0.3) is 11.3 Å². The topological polar surface area (TPSA) is 104 Å². The first kappa shape index (κ1) is 17.3. The minimum absolute atomic E-state index is 0.278. The monoisotopic (exact) mass is 344 g/mol. The summed E-state index contributed by atoms with van der Waals surface area (Å²) in [6.07, 6.45) is -0.916. The maximum absolute atomic E-state index is 11.5. The van der Waals surface area contributed by atoms with E-state index in [2.05, 4.69) is 31.0 Å². The molecular weight excluding hydrogens is 320 g/mol. The van der Waals surface area contributed by atoms with Gasteiger partial charge in [-0.3, -0.25) is 5.10 Å². The van der Waals surface area contributed by atoms with Gasteiger partial charge in [0.05, 0.1) is 18.8 Å². The number of nitrogens with two attached hydrogens (primary N) is 1. The number of nitrogen functional groups attached to an aromatic ring is 1. The predicted octanol–water partition coefficient (Wildman–Crippen LogP) is 2.91. The van der Waals surface area contributed by atoms with Crippen molar-refractivity contribution in [1.82, 2.24) is 15.1 Å². The highest BCUT2D eigenvalue weighted by atomic mass is 16.5. The molecule has 3 rings (SSSR count). The van der Waals surface area contributed by atoms with E-state index < -0.39 is 11.7 Å². The Balaban J connectivity index is 1.98. The van der Waals surface area contributed by atoms with Crippen LogP contribution in [0.4, 0.5) is 10.6 Å². The smallest absolute Gasteiger partial charge is 0.407 e. The summed E-state index contributed by atoms with van der Waals surface area (Å²) in [4.78, 5) is 12.9. The number of carboxylic acid groups (broad SMARTS) is 1. The fraction of sp³-hybridized carbons (Fsp3) is 0.444. The van der Waals surface area contributed by atoms with E-state index in [1.54, 1.807) is 6.07 Å². The lowest BCUT2D eigenvalue weighted by Gasteiger charge is -2.50. The Kier molecular flexibility index (Phi) is 4.20. The number of aromatic amines is 1. The van der Waals surface area contributed by atoms with Crippen molar-refractivity contribution < 1.29 is 14.6 Å². The van der Waals surface area contributed by atoms with Crippen LogP contribution >= 0.6 is 0 Å². The van der Waals surface area contributed by atoms with Gasteiger partial charge in [0.15, 0.2) is 0 Å². The molecule has 2 aromatic rings. The van der Waals surface area contributed by atoms with Gasteiger partial charge in [-0.1, -0.05) is 45.0 Å². The quantitative estimate of drug-likeness (QED) is 0.777. The molecule has 0 aliphatic carbocycles. The predicted molar refractivity (Wildman–Crippen MR) is 95.1 cm³/mol. The molecule has 134 valence electrons. The molecule has 1 unspecified atom stereocenters. The molecule has 1 saturated heterocycles. The molecule has 0 bridgehead atoms. The number of aromatic nitrogens is 2. The molecule has 7 nitrogen and oxygen atoms in total. The summed E-state index contributed by atoms with van der Waals surface area (Å²) in [5.74, 6) is 0.512. The van der Waals surface area contributed by atoms with Crippen LogP contribution in [0, 0.1) is 5.41 Å². The fourth-order valence-corrected chi connectivity index (χ4v) is 3.34. The molecule has 4 N–H and O–H groups in total. The van der Waals surface area contributed by atoms with E-state index in [9.17, 15) is 9.90 Å². The van der Waals surface area contributed by atoms with E-state index >= 15 is 0 Å². The Morgan fingerprint density at radius 1 is 1.36 bits per heavy atom. The number of carbonyl (C=O) groups is 1. The van der Waals surface area contributed by atoms with Crippen molar-refractivity contribution in [2.24, 2.45) is 5.41 Å². The van der Waals surface area contributed by atoms with Crippen LogP contribution in [-0.4, -0.2) is 46.0 Å². The summed E-state index contributed by atoms with van der Waals surface area (Å²) < 4.78 is 6.20. The summed E-state index contributed by atoms with van der Waals surface area (Å²) in [5, 5.41) is 16.3. The number of rotatable bonds is 2. The normalized spacial score (nSPS) is 21.3. The number of anilines is 1. The van der Waals surface area contributed by atoms with Crippen LogP contribution in [0.5, 0.6) is 0 Å². The zero-order chi connectivity index (χ0) is 18.2. The first-order valence-corrected chi connectivity index (χ1v) is 8.26. The van der Waals surface area contributed by atoms with Gasteiger partial charge in [0, 0.05) is 18.2 Å². The highest BCUT2D eigenvalue weighted by Gasteiger charge is 2.48. The van der Waals surface area contributed by atoms with Crippen LogP contribution in [0.3, 0.4) is 0 Å². The summed E-state index contributed by atoms with van der Waals surface area (Å²) in [6.45, 7) is 7.28. The molecule has 2 heterocycles. The third-order valence-corrected chi connectivity index (χ3v) is 4.85. The highest BCUT2D eigenvalue weighted by Crippen LogP contribution is 2.45. The van der Waals surface area contributed by atoms with Crippen molar-refractivity contribution in [2.75, 3.05) is 25.4 Å². The second-order valence-corrected chi connectivity index (χ2v) is 7.42. The van der Waals surface area contributed by atoms with Crippen LogP contribution in [0.15, 0.2) is 30.3 Å².